The zero-order valence-corrected chi connectivity index (χ0v) is 15.3. The van der Waals surface area contributed by atoms with Gasteiger partial charge in [-0.25, -0.2) is 4.79 Å². The highest BCUT2D eigenvalue weighted by molar-refractivity contribution is 7.17. The SMILES string of the molecule is COc1cccc(NC(=O)NCC(O)c2csc3ccccc23)c1OC. The Labute approximate surface area is 155 Å². The molecular weight excluding hydrogens is 352 g/mol. The molecular formula is C19H20N2O4S. The first-order valence-electron chi connectivity index (χ1n) is 8.04. The van der Waals surface area contributed by atoms with E-state index in [1.807, 2.05) is 29.6 Å². The van der Waals surface area contributed by atoms with E-state index in [-0.39, 0.29) is 6.54 Å². The Morgan fingerprint density at radius 1 is 1.15 bits per heavy atom. The fraction of sp³-hybridized carbons (Fsp3) is 0.211. The average molecular weight is 372 g/mol. The number of hydrogen-bond acceptors (Lipinski definition) is 5. The van der Waals surface area contributed by atoms with Crippen LogP contribution in [0.4, 0.5) is 10.5 Å². The highest BCUT2D eigenvalue weighted by Gasteiger charge is 2.16. The summed E-state index contributed by atoms with van der Waals surface area (Å²) in [6.45, 7) is 0.0961. The summed E-state index contributed by atoms with van der Waals surface area (Å²) in [7, 11) is 3.04. The van der Waals surface area contributed by atoms with Crippen molar-refractivity contribution < 1.29 is 19.4 Å². The molecule has 0 aliphatic rings. The lowest BCUT2D eigenvalue weighted by Crippen LogP contribution is -2.32. The van der Waals surface area contributed by atoms with Crippen LogP contribution in [0.5, 0.6) is 11.5 Å². The number of anilines is 1. The third-order valence-corrected chi connectivity index (χ3v) is 4.96. The Kier molecular flexibility index (Phi) is 5.60. The van der Waals surface area contributed by atoms with Crippen molar-refractivity contribution in [2.75, 3.05) is 26.1 Å². The summed E-state index contributed by atoms with van der Waals surface area (Å²) in [5.74, 6) is 0.963. The monoisotopic (exact) mass is 372 g/mol. The third-order valence-electron chi connectivity index (χ3n) is 3.98. The van der Waals surface area contributed by atoms with E-state index in [0.717, 1.165) is 15.6 Å². The predicted molar refractivity (Wildman–Crippen MR) is 103 cm³/mol. The first-order valence-corrected chi connectivity index (χ1v) is 8.92. The van der Waals surface area contributed by atoms with Crippen molar-refractivity contribution in [3.8, 4) is 11.5 Å². The van der Waals surface area contributed by atoms with Crippen molar-refractivity contribution in [1.29, 1.82) is 0 Å². The number of fused-ring (bicyclic) bond motifs is 1. The van der Waals surface area contributed by atoms with Gasteiger partial charge in [0, 0.05) is 16.8 Å². The van der Waals surface area contributed by atoms with Gasteiger partial charge in [-0.1, -0.05) is 24.3 Å². The second-order valence-corrected chi connectivity index (χ2v) is 6.49. The molecule has 2 aromatic carbocycles. The standard InChI is InChI=1S/C19H20N2O4S/c1-24-16-8-5-7-14(18(16)25-2)21-19(23)20-10-15(22)13-11-26-17-9-4-3-6-12(13)17/h3-9,11,15,22H,10H2,1-2H3,(H2,20,21,23). The molecule has 7 heteroatoms. The van der Waals surface area contributed by atoms with Crippen LogP contribution < -0.4 is 20.1 Å². The van der Waals surface area contributed by atoms with Gasteiger partial charge in [-0.05, 0) is 29.0 Å². The van der Waals surface area contributed by atoms with E-state index in [4.69, 9.17) is 9.47 Å². The van der Waals surface area contributed by atoms with E-state index >= 15 is 0 Å². The quantitative estimate of drug-likeness (QED) is 0.615. The Morgan fingerprint density at radius 2 is 1.96 bits per heavy atom. The van der Waals surface area contributed by atoms with Crippen molar-refractivity contribution in [3.63, 3.8) is 0 Å². The second kappa shape index (κ2) is 8.07. The summed E-state index contributed by atoms with van der Waals surface area (Å²) in [6.07, 6.45) is -0.788. The maximum absolute atomic E-state index is 12.2. The number of methoxy groups -OCH3 is 2. The van der Waals surface area contributed by atoms with Crippen LogP contribution >= 0.6 is 11.3 Å². The minimum atomic E-state index is -0.788. The number of urea groups is 1. The van der Waals surface area contributed by atoms with Crippen LogP contribution in [0.2, 0.25) is 0 Å². The van der Waals surface area contributed by atoms with Gasteiger partial charge in [0.25, 0.3) is 0 Å². The van der Waals surface area contributed by atoms with E-state index in [1.165, 1.54) is 14.2 Å². The minimum Gasteiger partial charge on any atom is -0.493 e. The van der Waals surface area contributed by atoms with E-state index in [9.17, 15) is 9.90 Å². The number of amides is 2. The second-order valence-electron chi connectivity index (χ2n) is 5.58. The van der Waals surface area contributed by atoms with Crippen molar-refractivity contribution in [2.24, 2.45) is 0 Å². The summed E-state index contributed by atoms with van der Waals surface area (Å²) in [6, 6.07) is 12.6. The number of hydrogen-bond donors (Lipinski definition) is 3. The van der Waals surface area contributed by atoms with Gasteiger partial charge in [0.1, 0.15) is 0 Å². The minimum absolute atomic E-state index is 0.0961. The lowest BCUT2D eigenvalue weighted by atomic mass is 10.1. The molecule has 0 saturated heterocycles. The summed E-state index contributed by atoms with van der Waals surface area (Å²) in [5, 5.41) is 18.7. The van der Waals surface area contributed by atoms with Gasteiger partial charge < -0.3 is 25.2 Å². The van der Waals surface area contributed by atoms with E-state index in [2.05, 4.69) is 10.6 Å². The number of para-hydroxylation sites is 1. The maximum atomic E-state index is 12.2. The van der Waals surface area contributed by atoms with Crippen molar-refractivity contribution in [1.82, 2.24) is 5.32 Å². The summed E-state index contributed by atoms with van der Waals surface area (Å²) >= 11 is 1.57. The Balaban J connectivity index is 1.64. The molecule has 0 fully saturated rings. The van der Waals surface area contributed by atoms with Crippen LogP contribution in [0.1, 0.15) is 11.7 Å². The molecule has 0 saturated carbocycles. The number of rotatable bonds is 6. The lowest BCUT2D eigenvalue weighted by molar-refractivity contribution is 0.177. The topological polar surface area (TPSA) is 79.8 Å². The van der Waals surface area contributed by atoms with Crippen LogP contribution in [0.3, 0.4) is 0 Å². The maximum Gasteiger partial charge on any atom is 0.319 e. The van der Waals surface area contributed by atoms with Crippen LogP contribution in [0.25, 0.3) is 10.1 Å². The molecule has 1 unspecified atom stereocenters. The average Bonchev–Trinajstić information content (AvgIpc) is 3.10. The number of carbonyl (C=O) groups excluding carboxylic acids is 1. The van der Waals surface area contributed by atoms with Gasteiger partial charge >= 0.3 is 6.03 Å². The first-order chi connectivity index (χ1) is 12.6. The highest BCUT2D eigenvalue weighted by Crippen LogP contribution is 2.34. The van der Waals surface area contributed by atoms with Gasteiger partial charge in [-0.15, -0.1) is 11.3 Å². The number of benzene rings is 2. The Morgan fingerprint density at radius 3 is 2.73 bits per heavy atom. The van der Waals surface area contributed by atoms with Crippen LogP contribution in [-0.2, 0) is 0 Å². The Bertz CT molecular complexity index is 909. The first kappa shape index (κ1) is 18.0. The fourth-order valence-electron chi connectivity index (χ4n) is 2.71. The molecule has 3 rings (SSSR count). The summed E-state index contributed by atoms with van der Waals surface area (Å²) < 4.78 is 11.6. The van der Waals surface area contributed by atoms with Crippen LogP contribution in [-0.4, -0.2) is 31.9 Å². The number of aliphatic hydroxyl groups excluding tert-OH is 1. The van der Waals surface area contributed by atoms with Gasteiger partial charge in [0.15, 0.2) is 11.5 Å². The van der Waals surface area contributed by atoms with E-state index in [0.29, 0.717) is 17.2 Å². The van der Waals surface area contributed by atoms with Gasteiger partial charge in [-0.3, -0.25) is 0 Å². The van der Waals surface area contributed by atoms with E-state index in [1.54, 1.807) is 29.5 Å². The van der Waals surface area contributed by atoms with Gasteiger partial charge in [0.2, 0.25) is 0 Å². The Hall–Kier alpha value is -2.77. The molecule has 0 aliphatic heterocycles. The van der Waals surface area contributed by atoms with E-state index < -0.39 is 12.1 Å². The van der Waals surface area contributed by atoms with Crippen LogP contribution in [0, 0.1) is 0 Å². The van der Waals surface area contributed by atoms with Crippen molar-refractivity contribution in [3.05, 3.63) is 53.4 Å². The largest absolute Gasteiger partial charge is 0.493 e. The van der Waals surface area contributed by atoms with Crippen molar-refractivity contribution in [2.45, 2.75) is 6.10 Å². The van der Waals surface area contributed by atoms with Crippen LogP contribution in [0.15, 0.2) is 47.8 Å². The molecule has 3 aromatic rings. The predicted octanol–water partition coefficient (Wildman–Crippen LogP) is 3.77. The zero-order chi connectivity index (χ0) is 18.5. The lowest BCUT2D eigenvalue weighted by Gasteiger charge is -2.15. The summed E-state index contributed by atoms with van der Waals surface area (Å²) in [5.41, 5.74) is 1.30. The molecule has 0 radical (unpaired) electrons. The number of carbonyl (C=O) groups is 1. The van der Waals surface area contributed by atoms with Gasteiger partial charge in [-0.2, -0.15) is 0 Å². The molecule has 0 spiro atoms. The summed E-state index contributed by atoms with van der Waals surface area (Å²) in [4.78, 5) is 12.2. The third kappa shape index (κ3) is 3.74. The molecule has 1 heterocycles. The molecule has 0 bridgehead atoms. The molecule has 2 amide bonds. The fourth-order valence-corrected chi connectivity index (χ4v) is 3.72. The molecule has 1 aromatic heterocycles. The number of nitrogens with one attached hydrogen (secondary N) is 2. The molecule has 26 heavy (non-hydrogen) atoms. The molecule has 3 N–H and O–H groups in total. The molecule has 6 nitrogen and oxygen atoms in total. The smallest absolute Gasteiger partial charge is 0.319 e. The normalized spacial score (nSPS) is 11.8. The number of thiophene rings is 1. The number of aliphatic hydroxyl groups is 1. The molecule has 136 valence electrons. The zero-order valence-electron chi connectivity index (χ0n) is 14.5. The number of ether oxygens (including phenoxy) is 2. The molecule has 0 aliphatic carbocycles. The molecule has 1 atom stereocenters. The van der Waals surface area contributed by atoms with Crippen molar-refractivity contribution >= 4 is 33.1 Å². The highest BCUT2D eigenvalue weighted by atomic mass is 32.1. The van der Waals surface area contributed by atoms with Gasteiger partial charge in [0.05, 0.1) is 26.0 Å².